The SMILES string of the molecule is Cc1cc(Cl)ccc1OC(C)C(=O)NC[C@H](O)C(=O)O. The van der Waals surface area contributed by atoms with Crippen molar-refractivity contribution in [2.45, 2.75) is 26.1 Å². The lowest BCUT2D eigenvalue weighted by Gasteiger charge is -2.17. The molecule has 0 aromatic heterocycles. The maximum atomic E-state index is 11.7. The van der Waals surface area contributed by atoms with Crippen LogP contribution in [0.15, 0.2) is 18.2 Å². The summed E-state index contributed by atoms with van der Waals surface area (Å²) >= 11 is 5.81. The molecule has 1 amide bonds. The average molecular weight is 302 g/mol. The number of aliphatic hydroxyl groups is 1. The number of aliphatic carboxylic acids is 1. The standard InChI is InChI=1S/C13H16ClNO5/c1-7-5-9(14)3-4-11(7)20-8(2)12(17)15-6-10(16)13(18)19/h3-5,8,10,16H,6H2,1-2H3,(H,15,17)(H,18,19)/t8?,10-/m0/s1. The van der Waals surface area contributed by atoms with Gasteiger partial charge in [-0.05, 0) is 37.6 Å². The van der Waals surface area contributed by atoms with Gasteiger partial charge in [0.25, 0.3) is 5.91 Å². The van der Waals surface area contributed by atoms with Crippen LogP contribution in [-0.4, -0.2) is 40.8 Å². The van der Waals surface area contributed by atoms with E-state index in [0.717, 1.165) is 5.56 Å². The Morgan fingerprint density at radius 3 is 2.65 bits per heavy atom. The summed E-state index contributed by atoms with van der Waals surface area (Å²) < 4.78 is 5.45. The average Bonchev–Trinajstić information content (AvgIpc) is 2.38. The molecule has 0 heterocycles. The predicted molar refractivity (Wildman–Crippen MR) is 72.9 cm³/mol. The summed E-state index contributed by atoms with van der Waals surface area (Å²) in [5.41, 5.74) is 0.780. The molecular formula is C13H16ClNO5. The zero-order chi connectivity index (χ0) is 15.3. The molecule has 110 valence electrons. The van der Waals surface area contributed by atoms with Crippen molar-refractivity contribution in [1.29, 1.82) is 0 Å². The third-order valence-corrected chi connectivity index (χ3v) is 2.80. The summed E-state index contributed by atoms with van der Waals surface area (Å²) in [4.78, 5) is 22.1. The molecule has 0 aliphatic carbocycles. The fourth-order valence-electron chi connectivity index (χ4n) is 1.42. The van der Waals surface area contributed by atoms with Crippen molar-refractivity contribution in [3.8, 4) is 5.75 Å². The summed E-state index contributed by atoms with van der Waals surface area (Å²) in [5.74, 6) is -1.40. The highest BCUT2D eigenvalue weighted by molar-refractivity contribution is 6.30. The number of carbonyl (C=O) groups is 2. The fraction of sp³-hybridized carbons (Fsp3) is 0.385. The molecule has 0 spiro atoms. The third kappa shape index (κ3) is 4.71. The monoisotopic (exact) mass is 301 g/mol. The van der Waals surface area contributed by atoms with Gasteiger partial charge in [0.05, 0.1) is 6.54 Å². The number of carboxylic acid groups (broad SMARTS) is 1. The summed E-state index contributed by atoms with van der Waals surface area (Å²) in [5, 5.41) is 20.4. The number of carboxylic acids is 1. The Hall–Kier alpha value is -1.79. The number of amides is 1. The molecule has 1 rings (SSSR count). The van der Waals surface area contributed by atoms with Crippen LogP contribution in [0.1, 0.15) is 12.5 Å². The van der Waals surface area contributed by atoms with E-state index in [1.807, 2.05) is 0 Å². The first-order valence-corrected chi connectivity index (χ1v) is 6.30. The molecule has 0 saturated carbocycles. The molecule has 2 atom stereocenters. The zero-order valence-electron chi connectivity index (χ0n) is 11.1. The van der Waals surface area contributed by atoms with Crippen molar-refractivity contribution in [2.24, 2.45) is 0 Å². The van der Waals surface area contributed by atoms with Crippen molar-refractivity contribution in [1.82, 2.24) is 5.32 Å². The number of halogens is 1. The van der Waals surface area contributed by atoms with Crippen molar-refractivity contribution in [3.05, 3.63) is 28.8 Å². The van der Waals surface area contributed by atoms with Gasteiger partial charge < -0.3 is 20.3 Å². The van der Waals surface area contributed by atoms with E-state index in [2.05, 4.69) is 5.32 Å². The van der Waals surface area contributed by atoms with E-state index >= 15 is 0 Å². The van der Waals surface area contributed by atoms with Gasteiger partial charge in [0.1, 0.15) is 5.75 Å². The van der Waals surface area contributed by atoms with E-state index in [9.17, 15) is 9.59 Å². The minimum atomic E-state index is -1.64. The van der Waals surface area contributed by atoms with E-state index in [0.29, 0.717) is 10.8 Å². The fourth-order valence-corrected chi connectivity index (χ4v) is 1.64. The van der Waals surface area contributed by atoms with Gasteiger partial charge in [-0.25, -0.2) is 4.79 Å². The second-order valence-corrected chi connectivity index (χ2v) is 4.71. The number of carbonyl (C=O) groups excluding carboxylic acids is 1. The molecule has 1 aromatic rings. The largest absolute Gasteiger partial charge is 0.481 e. The van der Waals surface area contributed by atoms with Gasteiger partial charge >= 0.3 is 5.97 Å². The normalized spacial score (nSPS) is 13.4. The number of aryl methyl sites for hydroxylation is 1. The summed E-state index contributed by atoms with van der Waals surface area (Å²) in [6.07, 6.45) is -2.46. The Balaban J connectivity index is 2.55. The lowest BCUT2D eigenvalue weighted by Crippen LogP contribution is -2.42. The lowest BCUT2D eigenvalue weighted by molar-refractivity contribution is -0.146. The van der Waals surface area contributed by atoms with Crippen molar-refractivity contribution < 1.29 is 24.5 Å². The molecule has 6 nitrogen and oxygen atoms in total. The number of rotatable bonds is 6. The minimum Gasteiger partial charge on any atom is -0.481 e. The van der Waals surface area contributed by atoms with Crippen LogP contribution in [-0.2, 0) is 9.59 Å². The highest BCUT2D eigenvalue weighted by Crippen LogP contribution is 2.22. The molecule has 3 N–H and O–H groups in total. The summed E-state index contributed by atoms with van der Waals surface area (Å²) in [6, 6.07) is 4.99. The number of benzene rings is 1. The van der Waals surface area contributed by atoms with Gasteiger partial charge in [0.2, 0.25) is 0 Å². The maximum absolute atomic E-state index is 11.7. The van der Waals surface area contributed by atoms with E-state index in [1.165, 1.54) is 6.92 Å². The van der Waals surface area contributed by atoms with E-state index < -0.39 is 24.1 Å². The van der Waals surface area contributed by atoms with Crippen molar-refractivity contribution >= 4 is 23.5 Å². The van der Waals surface area contributed by atoms with Crippen LogP contribution in [0.2, 0.25) is 5.02 Å². The Kier molecular flexibility index (Phi) is 5.79. The van der Waals surface area contributed by atoms with Crippen LogP contribution in [0.5, 0.6) is 5.75 Å². The Labute approximate surface area is 121 Å². The number of hydrogen-bond acceptors (Lipinski definition) is 4. The quantitative estimate of drug-likeness (QED) is 0.728. The molecule has 0 aliphatic heterocycles. The van der Waals surface area contributed by atoms with E-state index in [4.69, 9.17) is 26.6 Å². The number of nitrogens with one attached hydrogen (secondary N) is 1. The maximum Gasteiger partial charge on any atom is 0.334 e. The van der Waals surface area contributed by atoms with Crippen LogP contribution in [0.4, 0.5) is 0 Å². The van der Waals surface area contributed by atoms with Gasteiger partial charge in [0, 0.05) is 5.02 Å². The highest BCUT2D eigenvalue weighted by atomic mass is 35.5. The first kappa shape index (κ1) is 16.3. The van der Waals surface area contributed by atoms with E-state index in [-0.39, 0.29) is 6.54 Å². The minimum absolute atomic E-state index is 0.374. The van der Waals surface area contributed by atoms with Gasteiger partial charge in [-0.1, -0.05) is 11.6 Å². The van der Waals surface area contributed by atoms with Gasteiger partial charge in [-0.3, -0.25) is 4.79 Å². The highest BCUT2D eigenvalue weighted by Gasteiger charge is 2.19. The van der Waals surface area contributed by atoms with Gasteiger partial charge in [-0.15, -0.1) is 0 Å². The molecule has 0 fully saturated rings. The first-order valence-electron chi connectivity index (χ1n) is 5.92. The van der Waals surface area contributed by atoms with E-state index in [1.54, 1.807) is 25.1 Å². The topological polar surface area (TPSA) is 95.9 Å². The van der Waals surface area contributed by atoms with Crippen LogP contribution in [0.25, 0.3) is 0 Å². The molecule has 0 bridgehead atoms. The Morgan fingerprint density at radius 1 is 1.45 bits per heavy atom. The molecule has 0 saturated heterocycles. The first-order chi connectivity index (χ1) is 9.31. The lowest BCUT2D eigenvalue weighted by atomic mass is 10.2. The van der Waals surface area contributed by atoms with Crippen LogP contribution >= 0.6 is 11.6 Å². The number of ether oxygens (including phenoxy) is 1. The second kappa shape index (κ2) is 7.12. The molecule has 0 aliphatic rings. The number of hydrogen-bond donors (Lipinski definition) is 3. The Bertz CT molecular complexity index is 506. The molecule has 1 aromatic carbocycles. The Morgan fingerprint density at radius 2 is 2.10 bits per heavy atom. The van der Waals surface area contributed by atoms with Gasteiger partial charge in [0.15, 0.2) is 12.2 Å². The zero-order valence-corrected chi connectivity index (χ0v) is 11.8. The van der Waals surface area contributed by atoms with Gasteiger partial charge in [-0.2, -0.15) is 0 Å². The molecule has 0 radical (unpaired) electrons. The third-order valence-electron chi connectivity index (χ3n) is 2.56. The van der Waals surface area contributed by atoms with Crippen LogP contribution < -0.4 is 10.1 Å². The summed E-state index contributed by atoms with van der Waals surface area (Å²) in [6.45, 7) is 2.94. The van der Waals surface area contributed by atoms with Crippen molar-refractivity contribution in [2.75, 3.05) is 6.54 Å². The summed E-state index contributed by atoms with van der Waals surface area (Å²) in [7, 11) is 0. The molecule has 1 unspecified atom stereocenters. The second-order valence-electron chi connectivity index (χ2n) is 4.27. The predicted octanol–water partition coefficient (Wildman–Crippen LogP) is 0.977. The molecular weight excluding hydrogens is 286 g/mol. The smallest absolute Gasteiger partial charge is 0.334 e. The number of aliphatic hydroxyl groups excluding tert-OH is 1. The van der Waals surface area contributed by atoms with Crippen LogP contribution in [0.3, 0.4) is 0 Å². The van der Waals surface area contributed by atoms with Crippen molar-refractivity contribution in [3.63, 3.8) is 0 Å². The van der Waals surface area contributed by atoms with Crippen LogP contribution in [0, 0.1) is 6.92 Å². The molecule has 20 heavy (non-hydrogen) atoms. The molecule has 7 heteroatoms.